The Morgan fingerprint density at radius 2 is 1.88 bits per heavy atom. The number of hydrogen-bond donors (Lipinski definition) is 1. The van der Waals surface area contributed by atoms with E-state index < -0.39 is 0 Å². The number of ether oxygens (including phenoxy) is 2. The molecule has 2 aromatic rings. The first-order valence-corrected chi connectivity index (χ1v) is 9.71. The maximum absolute atomic E-state index is 12.9. The van der Waals surface area contributed by atoms with E-state index in [1.165, 1.54) is 5.56 Å². The van der Waals surface area contributed by atoms with Crippen molar-refractivity contribution in [3.63, 3.8) is 0 Å². The molecule has 1 unspecified atom stereocenters. The van der Waals surface area contributed by atoms with Gasteiger partial charge in [-0.25, -0.2) is 4.79 Å². The summed E-state index contributed by atoms with van der Waals surface area (Å²) >= 11 is 3.51. The van der Waals surface area contributed by atoms with Crippen LogP contribution in [0.2, 0.25) is 0 Å². The number of fused-ring (bicyclic) bond motifs is 1. The Labute approximate surface area is 161 Å². The zero-order valence-corrected chi connectivity index (χ0v) is 16.0. The van der Waals surface area contributed by atoms with E-state index in [1.54, 1.807) is 0 Å². The monoisotopic (exact) mass is 416 g/mol. The van der Waals surface area contributed by atoms with Crippen molar-refractivity contribution in [1.29, 1.82) is 0 Å². The fourth-order valence-electron chi connectivity index (χ4n) is 3.55. The second-order valence-corrected chi connectivity index (χ2v) is 7.44. The minimum absolute atomic E-state index is 0.0687. The summed E-state index contributed by atoms with van der Waals surface area (Å²) in [6.45, 7) is 1.85. The molecule has 1 fully saturated rings. The number of urea groups is 1. The number of halogens is 1. The second-order valence-electron chi connectivity index (χ2n) is 6.59. The fraction of sp³-hybridized carbons (Fsp3) is 0.350. The molecule has 0 spiro atoms. The third kappa shape index (κ3) is 3.65. The van der Waals surface area contributed by atoms with E-state index in [2.05, 4.69) is 33.4 Å². The van der Waals surface area contributed by atoms with Gasteiger partial charge in [-0.1, -0.05) is 30.3 Å². The van der Waals surface area contributed by atoms with Crippen LogP contribution < -0.4 is 14.8 Å². The standard InChI is InChI=1S/C20H21BrN2O3/c21-16-12-18-19(26-10-9-25-18)13-17(16)22-20(24)23-8-4-7-15(23)11-14-5-2-1-3-6-14/h1-3,5-6,12-13,15H,4,7-11H2,(H,22,24). The Balaban J connectivity index is 1.47. The first-order chi connectivity index (χ1) is 12.7. The highest BCUT2D eigenvalue weighted by molar-refractivity contribution is 9.10. The molecule has 0 aromatic heterocycles. The number of likely N-dealkylation sites (tertiary alicyclic amines) is 1. The van der Waals surface area contributed by atoms with E-state index >= 15 is 0 Å². The van der Waals surface area contributed by atoms with Crippen molar-refractivity contribution in [3.8, 4) is 11.5 Å². The number of nitrogens with one attached hydrogen (secondary N) is 1. The van der Waals surface area contributed by atoms with Gasteiger partial charge >= 0.3 is 6.03 Å². The molecular weight excluding hydrogens is 396 g/mol. The van der Waals surface area contributed by atoms with Crippen molar-refractivity contribution in [2.45, 2.75) is 25.3 Å². The van der Waals surface area contributed by atoms with Crippen molar-refractivity contribution in [2.24, 2.45) is 0 Å². The van der Waals surface area contributed by atoms with Crippen molar-refractivity contribution in [3.05, 3.63) is 52.5 Å². The van der Waals surface area contributed by atoms with E-state index in [1.807, 2.05) is 35.2 Å². The molecule has 2 amide bonds. The molecule has 136 valence electrons. The molecule has 1 saturated heterocycles. The van der Waals surface area contributed by atoms with Crippen molar-refractivity contribution >= 4 is 27.6 Å². The van der Waals surface area contributed by atoms with Gasteiger partial charge in [-0.15, -0.1) is 0 Å². The van der Waals surface area contributed by atoms with Crippen LogP contribution in [-0.2, 0) is 6.42 Å². The zero-order chi connectivity index (χ0) is 17.9. The summed E-state index contributed by atoms with van der Waals surface area (Å²) in [5.41, 5.74) is 1.96. The van der Waals surface area contributed by atoms with E-state index in [0.29, 0.717) is 30.4 Å². The highest BCUT2D eigenvalue weighted by atomic mass is 79.9. The summed E-state index contributed by atoms with van der Waals surface area (Å²) in [5, 5.41) is 3.02. The third-order valence-corrected chi connectivity index (χ3v) is 5.48. The average molecular weight is 417 g/mol. The highest BCUT2D eigenvalue weighted by Crippen LogP contribution is 2.38. The lowest BCUT2D eigenvalue weighted by Gasteiger charge is -2.26. The van der Waals surface area contributed by atoms with Crippen LogP contribution in [-0.4, -0.2) is 36.7 Å². The Kier molecular flexibility index (Phi) is 5.02. The summed E-state index contributed by atoms with van der Waals surface area (Å²) in [4.78, 5) is 14.8. The largest absolute Gasteiger partial charge is 0.486 e. The number of benzene rings is 2. The summed E-state index contributed by atoms with van der Waals surface area (Å²) in [7, 11) is 0. The number of nitrogens with zero attached hydrogens (tertiary/aromatic N) is 1. The van der Waals surface area contributed by atoms with E-state index in [4.69, 9.17) is 9.47 Å². The van der Waals surface area contributed by atoms with Crippen LogP contribution in [0.3, 0.4) is 0 Å². The molecule has 1 N–H and O–H groups in total. The molecule has 2 aliphatic rings. The number of carbonyl (C=O) groups is 1. The smallest absolute Gasteiger partial charge is 0.322 e. The lowest BCUT2D eigenvalue weighted by atomic mass is 10.0. The van der Waals surface area contributed by atoms with Gasteiger partial charge < -0.3 is 19.7 Å². The molecule has 0 aliphatic carbocycles. The minimum Gasteiger partial charge on any atom is -0.486 e. The van der Waals surface area contributed by atoms with Gasteiger partial charge in [0.15, 0.2) is 11.5 Å². The first kappa shape index (κ1) is 17.2. The van der Waals surface area contributed by atoms with Gasteiger partial charge in [-0.2, -0.15) is 0 Å². The van der Waals surface area contributed by atoms with Gasteiger partial charge in [0, 0.05) is 29.2 Å². The summed E-state index contributed by atoms with van der Waals surface area (Å²) < 4.78 is 12.0. The molecular formula is C20H21BrN2O3. The van der Waals surface area contributed by atoms with Crippen LogP contribution in [0.4, 0.5) is 10.5 Å². The quantitative estimate of drug-likeness (QED) is 0.803. The number of amides is 2. The normalized spacial score (nSPS) is 18.7. The number of hydrogen-bond acceptors (Lipinski definition) is 3. The number of carbonyl (C=O) groups excluding carboxylic acids is 1. The molecule has 2 heterocycles. The van der Waals surface area contributed by atoms with Gasteiger partial charge in [0.25, 0.3) is 0 Å². The van der Waals surface area contributed by atoms with E-state index in [-0.39, 0.29) is 12.1 Å². The maximum Gasteiger partial charge on any atom is 0.322 e. The molecule has 1 atom stereocenters. The fourth-order valence-corrected chi connectivity index (χ4v) is 3.97. The Morgan fingerprint density at radius 1 is 1.15 bits per heavy atom. The molecule has 0 saturated carbocycles. The zero-order valence-electron chi connectivity index (χ0n) is 14.4. The summed E-state index contributed by atoms with van der Waals surface area (Å²) in [6, 6.07) is 14.2. The van der Waals surface area contributed by atoms with Crippen LogP contribution in [0, 0.1) is 0 Å². The predicted molar refractivity (Wildman–Crippen MR) is 104 cm³/mol. The summed E-state index contributed by atoms with van der Waals surface area (Å²) in [5.74, 6) is 1.36. The Bertz CT molecular complexity index is 797. The molecule has 26 heavy (non-hydrogen) atoms. The first-order valence-electron chi connectivity index (χ1n) is 8.91. The average Bonchev–Trinajstić information content (AvgIpc) is 3.11. The molecule has 2 aromatic carbocycles. The number of anilines is 1. The van der Waals surface area contributed by atoms with Crippen molar-refractivity contribution in [1.82, 2.24) is 4.90 Å². The molecule has 4 rings (SSSR count). The molecule has 0 bridgehead atoms. The maximum atomic E-state index is 12.9. The SMILES string of the molecule is O=C(Nc1cc2c(cc1Br)OCCO2)N1CCCC1Cc1ccccc1. The topological polar surface area (TPSA) is 50.8 Å². The second kappa shape index (κ2) is 7.58. The summed E-state index contributed by atoms with van der Waals surface area (Å²) in [6.07, 6.45) is 2.95. The predicted octanol–water partition coefficient (Wildman–Crippen LogP) is 4.46. The van der Waals surface area contributed by atoms with Crippen LogP contribution >= 0.6 is 15.9 Å². The number of rotatable bonds is 3. The van der Waals surface area contributed by atoms with E-state index in [0.717, 1.165) is 30.3 Å². The minimum atomic E-state index is -0.0687. The third-order valence-electron chi connectivity index (χ3n) is 4.83. The van der Waals surface area contributed by atoms with E-state index in [9.17, 15) is 4.79 Å². The molecule has 5 nitrogen and oxygen atoms in total. The Morgan fingerprint density at radius 3 is 2.65 bits per heavy atom. The van der Waals surface area contributed by atoms with Gasteiger partial charge in [-0.3, -0.25) is 0 Å². The highest BCUT2D eigenvalue weighted by Gasteiger charge is 2.29. The van der Waals surface area contributed by atoms with Crippen LogP contribution in [0.1, 0.15) is 18.4 Å². The Hall–Kier alpha value is -2.21. The lowest BCUT2D eigenvalue weighted by molar-refractivity contribution is 0.171. The van der Waals surface area contributed by atoms with Gasteiger partial charge in [0.2, 0.25) is 0 Å². The molecule has 6 heteroatoms. The van der Waals surface area contributed by atoms with Crippen LogP contribution in [0.15, 0.2) is 46.9 Å². The van der Waals surface area contributed by atoms with Crippen molar-refractivity contribution in [2.75, 3.05) is 25.1 Å². The molecule has 0 radical (unpaired) electrons. The lowest BCUT2D eigenvalue weighted by Crippen LogP contribution is -2.39. The van der Waals surface area contributed by atoms with Crippen LogP contribution in [0.5, 0.6) is 11.5 Å². The molecule has 2 aliphatic heterocycles. The van der Waals surface area contributed by atoms with Gasteiger partial charge in [0.05, 0.1) is 5.69 Å². The van der Waals surface area contributed by atoms with Crippen LogP contribution in [0.25, 0.3) is 0 Å². The van der Waals surface area contributed by atoms with Crippen molar-refractivity contribution < 1.29 is 14.3 Å². The van der Waals surface area contributed by atoms with Gasteiger partial charge in [-0.05, 0) is 40.8 Å². The van der Waals surface area contributed by atoms with Gasteiger partial charge in [0.1, 0.15) is 13.2 Å².